The molecule has 0 radical (unpaired) electrons. The van der Waals surface area contributed by atoms with E-state index in [4.69, 9.17) is 0 Å². The summed E-state index contributed by atoms with van der Waals surface area (Å²) >= 11 is 0. The van der Waals surface area contributed by atoms with Crippen LogP contribution in [0.5, 0.6) is 0 Å². The lowest BCUT2D eigenvalue weighted by Crippen LogP contribution is -2.34. The third-order valence-electron chi connectivity index (χ3n) is 6.85. The predicted molar refractivity (Wildman–Crippen MR) is 137 cm³/mol. The van der Waals surface area contributed by atoms with Gasteiger partial charge in [0.1, 0.15) is 6.04 Å². The van der Waals surface area contributed by atoms with E-state index < -0.39 is 6.04 Å². The molecule has 0 amide bonds. The van der Waals surface area contributed by atoms with Gasteiger partial charge in [0, 0.05) is 28.7 Å². The maximum atomic E-state index is 13.6. The molecule has 1 aliphatic heterocycles. The van der Waals surface area contributed by atoms with Crippen molar-refractivity contribution < 1.29 is 0 Å². The number of para-hydroxylation sites is 1. The molecule has 0 aliphatic carbocycles. The van der Waals surface area contributed by atoms with E-state index in [9.17, 15) is 4.79 Å². The Morgan fingerprint density at radius 3 is 2.66 bits per heavy atom. The normalized spacial score (nSPS) is 13.8. The summed E-state index contributed by atoms with van der Waals surface area (Å²) < 4.78 is 1.81. The van der Waals surface area contributed by atoms with E-state index in [1.807, 2.05) is 48.0 Å². The highest BCUT2D eigenvalue weighted by atomic mass is 16.1. The molecule has 1 N–H and O–H groups in total. The fourth-order valence-corrected chi connectivity index (χ4v) is 5.25. The molecule has 3 aromatic carbocycles. The molecule has 174 valence electrons. The van der Waals surface area contributed by atoms with Gasteiger partial charge in [0.25, 0.3) is 5.56 Å². The van der Waals surface area contributed by atoms with E-state index >= 15 is 0 Å². The highest BCUT2D eigenvalue weighted by Gasteiger charge is 2.34. The average Bonchev–Trinajstić information content (AvgIpc) is 3.48. The Bertz CT molecular complexity index is 1590. The van der Waals surface area contributed by atoms with Gasteiger partial charge in [-0.05, 0) is 71.1 Å². The minimum atomic E-state index is -0.425. The summed E-state index contributed by atoms with van der Waals surface area (Å²) in [6, 6.07) is 24.2. The monoisotopic (exact) mass is 462 g/mol. The van der Waals surface area contributed by atoms with Crippen LogP contribution in [0.3, 0.4) is 0 Å². The molecule has 3 heterocycles. The lowest BCUT2D eigenvalue weighted by Gasteiger charge is -2.29. The van der Waals surface area contributed by atoms with E-state index in [0.29, 0.717) is 17.9 Å². The fourth-order valence-electron chi connectivity index (χ4n) is 5.25. The number of nitrogens with zero attached hydrogens (tertiary/aromatic N) is 5. The van der Waals surface area contributed by atoms with Gasteiger partial charge in [0.2, 0.25) is 0 Å². The van der Waals surface area contributed by atoms with Gasteiger partial charge in [-0.25, -0.2) is 4.68 Å². The van der Waals surface area contributed by atoms with Crippen LogP contribution in [-0.4, -0.2) is 31.7 Å². The Kier molecular flexibility index (Phi) is 5.17. The van der Waals surface area contributed by atoms with Gasteiger partial charge in [-0.15, -0.1) is 5.10 Å². The minimum absolute atomic E-state index is 0.119. The number of pyridine rings is 1. The van der Waals surface area contributed by atoms with E-state index in [1.165, 1.54) is 5.56 Å². The summed E-state index contributed by atoms with van der Waals surface area (Å²) in [6.45, 7) is 5.43. The van der Waals surface area contributed by atoms with Crippen molar-refractivity contribution in [2.45, 2.75) is 32.9 Å². The van der Waals surface area contributed by atoms with Crippen molar-refractivity contribution in [1.29, 1.82) is 0 Å². The van der Waals surface area contributed by atoms with Gasteiger partial charge in [-0.3, -0.25) is 4.79 Å². The largest absolute Gasteiger partial charge is 0.357 e. The molecule has 0 saturated heterocycles. The Hall–Kier alpha value is -4.26. The van der Waals surface area contributed by atoms with E-state index in [1.54, 1.807) is 0 Å². The van der Waals surface area contributed by atoms with Crippen LogP contribution in [0.4, 0.5) is 5.69 Å². The minimum Gasteiger partial charge on any atom is -0.357 e. The first-order valence-corrected chi connectivity index (χ1v) is 11.9. The van der Waals surface area contributed by atoms with Gasteiger partial charge in [0.15, 0.2) is 5.82 Å². The number of anilines is 1. The molecule has 0 bridgehead atoms. The highest BCUT2D eigenvalue weighted by Crippen LogP contribution is 2.37. The van der Waals surface area contributed by atoms with Gasteiger partial charge >= 0.3 is 0 Å². The number of rotatable bonds is 5. The standard InChI is InChI=1S/C28H26N6O/c1-18-14-19(2)22-16-23(28(35)29-24(22)15-18)26(33-13-12-21-10-6-7-11-25(21)33)27-30-31-32-34(27)17-20-8-4-3-5-9-20/h3-11,14-16,26H,12-13,17H2,1-2H3,(H,29,35). The molecule has 0 saturated carbocycles. The van der Waals surface area contributed by atoms with Crippen molar-refractivity contribution in [3.63, 3.8) is 0 Å². The van der Waals surface area contributed by atoms with Crippen molar-refractivity contribution in [2.24, 2.45) is 0 Å². The molecule has 1 aliphatic rings. The molecule has 7 nitrogen and oxygen atoms in total. The number of H-pyrrole nitrogens is 1. The van der Waals surface area contributed by atoms with E-state index in [-0.39, 0.29) is 5.56 Å². The lowest BCUT2D eigenvalue weighted by atomic mass is 10.00. The zero-order chi connectivity index (χ0) is 23.9. The molecule has 2 aromatic heterocycles. The molecular weight excluding hydrogens is 436 g/mol. The molecule has 1 atom stereocenters. The molecule has 6 rings (SSSR count). The third kappa shape index (κ3) is 3.79. The number of aromatic amines is 1. The molecule has 0 spiro atoms. The third-order valence-corrected chi connectivity index (χ3v) is 6.85. The second kappa shape index (κ2) is 8.51. The summed E-state index contributed by atoms with van der Waals surface area (Å²) in [5.74, 6) is 0.653. The Balaban J connectivity index is 1.55. The van der Waals surface area contributed by atoms with Crippen LogP contribution in [0.2, 0.25) is 0 Å². The zero-order valence-corrected chi connectivity index (χ0v) is 19.8. The van der Waals surface area contributed by atoms with Crippen molar-refractivity contribution in [2.75, 3.05) is 11.4 Å². The molecule has 5 aromatic rings. The van der Waals surface area contributed by atoms with Crippen molar-refractivity contribution in [3.8, 4) is 0 Å². The van der Waals surface area contributed by atoms with Crippen LogP contribution in [0.25, 0.3) is 10.9 Å². The van der Waals surface area contributed by atoms with Crippen LogP contribution in [-0.2, 0) is 13.0 Å². The number of hydrogen-bond donors (Lipinski definition) is 1. The van der Waals surface area contributed by atoms with Gasteiger partial charge < -0.3 is 9.88 Å². The number of hydrogen-bond acceptors (Lipinski definition) is 5. The van der Waals surface area contributed by atoms with Crippen molar-refractivity contribution in [3.05, 3.63) is 117 Å². The number of benzene rings is 3. The summed E-state index contributed by atoms with van der Waals surface area (Å²) in [4.78, 5) is 19.0. The molecular formula is C28H26N6O. The maximum absolute atomic E-state index is 13.6. The lowest BCUT2D eigenvalue weighted by molar-refractivity contribution is 0.577. The van der Waals surface area contributed by atoms with Crippen LogP contribution < -0.4 is 10.5 Å². The number of aromatic nitrogens is 5. The summed E-state index contributed by atoms with van der Waals surface area (Å²) in [5, 5.41) is 13.9. The SMILES string of the molecule is Cc1cc(C)c2cc(C(c3nnnn3Cc3ccccc3)N3CCc4ccccc43)c(=O)[nH]c2c1. The first-order chi connectivity index (χ1) is 17.1. The maximum Gasteiger partial charge on any atom is 0.254 e. The molecule has 35 heavy (non-hydrogen) atoms. The van der Waals surface area contributed by atoms with Gasteiger partial charge in [-0.1, -0.05) is 54.6 Å². The van der Waals surface area contributed by atoms with Crippen LogP contribution >= 0.6 is 0 Å². The summed E-state index contributed by atoms with van der Waals surface area (Å²) in [5.41, 5.74) is 7.10. The van der Waals surface area contributed by atoms with E-state index in [2.05, 4.69) is 68.7 Å². The smallest absolute Gasteiger partial charge is 0.254 e. The van der Waals surface area contributed by atoms with E-state index in [0.717, 1.165) is 46.2 Å². The Morgan fingerprint density at radius 2 is 1.80 bits per heavy atom. The number of fused-ring (bicyclic) bond motifs is 2. The number of nitrogens with one attached hydrogen (secondary N) is 1. The molecule has 0 fully saturated rings. The Morgan fingerprint density at radius 1 is 1.00 bits per heavy atom. The predicted octanol–water partition coefficient (Wildman–Crippen LogP) is 4.33. The zero-order valence-electron chi connectivity index (χ0n) is 19.8. The van der Waals surface area contributed by atoms with Crippen molar-refractivity contribution >= 4 is 16.6 Å². The first kappa shape index (κ1) is 21.3. The topological polar surface area (TPSA) is 79.7 Å². The quantitative estimate of drug-likeness (QED) is 0.421. The number of aryl methyl sites for hydroxylation is 2. The van der Waals surface area contributed by atoms with Gasteiger partial charge in [-0.2, -0.15) is 0 Å². The average molecular weight is 463 g/mol. The summed E-state index contributed by atoms with van der Waals surface area (Å²) in [7, 11) is 0. The van der Waals surface area contributed by atoms with Crippen LogP contribution in [0.1, 0.15) is 39.7 Å². The number of tetrazole rings is 1. The second-order valence-electron chi connectivity index (χ2n) is 9.25. The van der Waals surface area contributed by atoms with Crippen LogP contribution in [0, 0.1) is 13.8 Å². The van der Waals surface area contributed by atoms with Crippen molar-refractivity contribution in [1.82, 2.24) is 25.2 Å². The first-order valence-electron chi connectivity index (χ1n) is 11.9. The fraction of sp³-hybridized carbons (Fsp3) is 0.214. The second-order valence-corrected chi connectivity index (χ2v) is 9.25. The Labute approximate surface area is 203 Å². The summed E-state index contributed by atoms with van der Waals surface area (Å²) in [6.07, 6.45) is 0.913. The molecule has 7 heteroatoms. The highest BCUT2D eigenvalue weighted by molar-refractivity contribution is 5.83. The van der Waals surface area contributed by atoms with Crippen LogP contribution in [0.15, 0.2) is 77.6 Å². The molecule has 1 unspecified atom stereocenters. The van der Waals surface area contributed by atoms with Gasteiger partial charge in [0.05, 0.1) is 6.54 Å².